The second-order valence-electron chi connectivity index (χ2n) is 6.61. The molecule has 2 rings (SSSR count). The van der Waals surface area contributed by atoms with Crippen molar-refractivity contribution in [2.75, 3.05) is 24.5 Å². The van der Waals surface area contributed by atoms with Gasteiger partial charge in [-0.25, -0.2) is 4.39 Å². The first-order valence-corrected chi connectivity index (χ1v) is 7.71. The molecule has 1 aromatic carbocycles. The average Bonchev–Trinajstić information content (AvgIpc) is 2.39. The first-order chi connectivity index (χ1) is 9.44. The minimum Gasteiger partial charge on any atom is -0.369 e. The SMILES string of the molecule is CCNC(C)c1cccc(F)c1N1CCC(C)(C)CC1. The van der Waals surface area contributed by atoms with Crippen molar-refractivity contribution < 1.29 is 4.39 Å². The van der Waals surface area contributed by atoms with Crippen molar-refractivity contribution in [1.29, 1.82) is 0 Å². The minimum absolute atomic E-state index is 0.0908. The van der Waals surface area contributed by atoms with Crippen molar-refractivity contribution in [3.63, 3.8) is 0 Å². The van der Waals surface area contributed by atoms with Crippen molar-refractivity contribution in [3.05, 3.63) is 29.6 Å². The van der Waals surface area contributed by atoms with Crippen LogP contribution < -0.4 is 10.2 Å². The van der Waals surface area contributed by atoms with Gasteiger partial charge in [-0.05, 0) is 43.4 Å². The Kier molecular flexibility index (Phi) is 4.69. The van der Waals surface area contributed by atoms with Crippen molar-refractivity contribution in [2.24, 2.45) is 5.41 Å². The lowest BCUT2D eigenvalue weighted by Gasteiger charge is -2.39. The average molecular weight is 278 g/mol. The highest BCUT2D eigenvalue weighted by molar-refractivity contribution is 5.56. The second-order valence-corrected chi connectivity index (χ2v) is 6.61. The van der Waals surface area contributed by atoms with Crippen LogP contribution >= 0.6 is 0 Å². The van der Waals surface area contributed by atoms with Gasteiger partial charge < -0.3 is 10.2 Å². The molecular formula is C17H27FN2. The van der Waals surface area contributed by atoms with E-state index in [9.17, 15) is 4.39 Å². The van der Waals surface area contributed by atoms with Gasteiger partial charge in [-0.15, -0.1) is 0 Å². The zero-order chi connectivity index (χ0) is 14.8. The number of nitrogens with one attached hydrogen (secondary N) is 1. The van der Waals surface area contributed by atoms with Crippen LogP contribution in [0.2, 0.25) is 0 Å². The summed E-state index contributed by atoms with van der Waals surface area (Å²) in [6.07, 6.45) is 2.24. The molecule has 0 radical (unpaired) electrons. The van der Waals surface area contributed by atoms with Crippen LogP contribution in [0.5, 0.6) is 0 Å². The van der Waals surface area contributed by atoms with Gasteiger partial charge >= 0.3 is 0 Å². The molecule has 1 atom stereocenters. The van der Waals surface area contributed by atoms with E-state index < -0.39 is 0 Å². The molecule has 0 aromatic heterocycles. The molecular weight excluding hydrogens is 251 g/mol. The molecule has 1 heterocycles. The predicted octanol–water partition coefficient (Wildman–Crippen LogP) is 4.12. The molecule has 0 spiro atoms. The molecule has 20 heavy (non-hydrogen) atoms. The van der Waals surface area contributed by atoms with Crippen molar-refractivity contribution in [3.8, 4) is 0 Å². The fourth-order valence-corrected chi connectivity index (χ4v) is 2.97. The summed E-state index contributed by atoms with van der Waals surface area (Å²) in [5.74, 6) is -0.0908. The number of para-hydroxylation sites is 1. The minimum atomic E-state index is -0.0908. The van der Waals surface area contributed by atoms with Crippen LogP contribution in [0.25, 0.3) is 0 Å². The Morgan fingerprint density at radius 3 is 2.55 bits per heavy atom. The third kappa shape index (κ3) is 3.32. The Balaban J connectivity index is 2.26. The van der Waals surface area contributed by atoms with E-state index >= 15 is 0 Å². The maximum atomic E-state index is 14.4. The maximum Gasteiger partial charge on any atom is 0.146 e. The molecule has 0 bridgehead atoms. The Morgan fingerprint density at radius 1 is 1.30 bits per heavy atom. The highest BCUT2D eigenvalue weighted by Crippen LogP contribution is 2.36. The quantitative estimate of drug-likeness (QED) is 0.891. The lowest BCUT2D eigenvalue weighted by Crippen LogP contribution is -2.38. The van der Waals surface area contributed by atoms with Crippen LogP contribution in [-0.4, -0.2) is 19.6 Å². The molecule has 3 heteroatoms. The third-order valence-electron chi connectivity index (χ3n) is 4.43. The first kappa shape index (κ1) is 15.3. The highest BCUT2D eigenvalue weighted by Gasteiger charge is 2.28. The largest absolute Gasteiger partial charge is 0.369 e. The Bertz CT molecular complexity index is 446. The van der Waals surface area contributed by atoms with Crippen LogP contribution in [0.1, 0.15) is 52.1 Å². The monoisotopic (exact) mass is 278 g/mol. The maximum absolute atomic E-state index is 14.4. The molecule has 0 aliphatic carbocycles. The van der Waals surface area contributed by atoms with Gasteiger partial charge in [0.1, 0.15) is 5.82 Å². The third-order valence-corrected chi connectivity index (χ3v) is 4.43. The molecule has 1 aromatic rings. The Hall–Kier alpha value is -1.09. The van der Waals surface area contributed by atoms with Gasteiger partial charge in [0.2, 0.25) is 0 Å². The molecule has 1 N–H and O–H groups in total. The van der Waals surface area contributed by atoms with Crippen LogP contribution in [0.15, 0.2) is 18.2 Å². The Morgan fingerprint density at radius 2 is 1.95 bits per heavy atom. The number of hydrogen-bond acceptors (Lipinski definition) is 2. The van der Waals surface area contributed by atoms with E-state index in [1.165, 1.54) is 0 Å². The number of halogens is 1. The highest BCUT2D eigenvalue weighted by atomic mass is 19.1. The summed E-state index contributed by atoms with van der Waals surface area (Å²) in [7, 11) is 0. The molecule has 0 amide bonds. The smallest absolute Gasteiger partial charge is 0.146 e. The molecule has 112 valence electrons. The van der Waals surface area contributed by atoms with Gasteiger partial charge in [-0.3, -0.25) is 0 Å². The van der Waals surface area contributed by atoms with E-state index in [1.54, 1.807) is 6.07 Å². The van der Waals surface area contributed by atoms with Gasteiger partial charge in [-0.2, -0.15) is 0 Å². The van der Waals surface area contributed by atoms with E-state index in [1.807, 2.05) is 12.1 Å². The van der Waals surface area contributed by atoms with E-state index in [4.69, 9.17) is 0 Å². The molecule has 0 saturated carbocycles. The summed E-state index contributed by atoms with van der Waals surface area (Å²) in [4.78, 5) is 2.23. The van der Waals surface area contributed by atoms with Crippen molar-refractivity contribution >= 4 is 5.69 Å². The fourth-order valence-electron chi connectivity index (χ4n) is 2.97. The van der Waals surface area contributed by atoms with Crippen molar-refractivity contribution in [2.45, 2.75) is 46.6 Å². The van der Waals surface area contributed by atoms with Gasteiger partial charge in [0.05, 0.1) is 5.69 Å². The first-order valence-electron chi connectivity index (χ1n) is 7.71. The predicted molar refractivity (Wildman–Crippen MR) is 83.7 cm³/mol. The van der Waals surface area contributed by atoms with Gasteiger partial charge in [0, 0.05) is 19.1 Å². The lowest BCUT2D eigenvalue weighted by atomic mass is 9.82. The normalized spacial score (nSPS) is 19.9. The summed E-state index contributed by atoms with van der Waals surface area (Å²) >= 11 is 0. The van der Waals surface area contributed by atoms with E-state index in [-0.39, 0.29) is 11.9 Å². The molecule has 1 unspecified atom stereocenters. The van der Waals surface area contributed by atoms with Gasteiger partial charge in [-0.1, -0.05) is 32.9 Å². The lowest BCUT2D eigenvalue weighted by molar-refractivity contribution is 0.278. The number of rotatable bonds is 4. The number of piperidine rings is 1. The number of hydrogen-bond donors (Lipinski definition) is 1. The van der Waals surface area contributed by atoms with E-state index in [0.717, 1.165) is 43.7 Å². The molecule has 1 aliphatic heterocycles. The fraction of sp³-hybridized carbons (Fsp3) is 0.647. The summed E-state index contributed by atoms with van der Waals surface area (Å²) in [5, 5.41) is 3.39. The van der Waals surface area contributed by atoms with E-state index in [0.29, 0.717) is 5.41 Å². The van der Waals surface area contributed by atoms with Crippen LogP contribution in [0.4, 0.5) is 10.1 Å². The molecule has 1 saturated heterocycles. The van der Waals surface area contributed by atoms with Crippen molar-refractivity contribution in [1.82, 2.24) is 5.32 Å². The zero-order valence-corrected chi connectivity index (χ0v) is 13.2. The molecule has 2 nitrogen and oxygen atoms in total. The Labute approximate surface area is 122 Å². The second kappa shape index (κ2) is 6.13. The standard InChI is InChI=1S/C17H27FN2/c1-5-19-13(2)14-7-6-8-15(18)16(14)20-11-9-17(3,4)10-12-20/h6-8,13,19H,5,9-12H2,1-4H3. The number of anilines is 1. The van der Waals surface area contributed by atoms with Gasteiger partial charge in [0.15, 0.2) is 0 Å². The summed E-state index contributed by atoms with van der Waals surface area (Å²) in [6.45, 7) is 11.6. The number of nitrogens with zero attached hydrogens (tertiary/aromatic N) is 1. The van der Waals surface area contributed by atoms with Crippen LogP contribution in [0.3, 0.4) is 0 Å². The zero-order valence-electron chi connectivity index (χ0n) is 13.2. The topological polar surface area (TPSA) is 15.3 Å². The molecule has 1 fully saturated rings. The van der Waals surface area contributed by atoms with Gasteiger partial charge in [0.25, 0.3) is 0 Å². The summed E-state index contributed by atoms with van der Waals surface area (Å²) in [5.41, 5.74) is 2.26. The van der Waals surface area contributed by atoms with Crippen LogP contribution in [0, 0.1) is 11.2 Å². The molecule has 1 aliphatic rings. The summed E-state index contributed by atoms with van der Waals surface area (Å²) < 4.78 is 14.4. The van der Waals surface area contributed by atoms with Crippen LogP contribution in [-0.2, 0) is 0 Å². The van der Waals surface area contributed by atoms with E-state index in [2.05, 4.69) is 37.9 Å². The summed E-state index contributed by atoms with van der Waals surface area (Å²) in [6, 6.07) is 5.62. The number of benzene rings is 1.